The van der Waals surface area contributed by atoms with Crippen molar-refractivity contribution < 1.29 is 9.53 Å². The molecule has 0 spiro atoms. The molecule has 1 atom stereocenters. The van der Waals surface area contributed by atoms with E-state index in [1.165, 1.54) is 0 Å². The van der Waals surface area contributed by atoms with Crippen LogP contribution in [-0.4, -0.2) is 32.7 Å². The van der Waals surface area contributed by atoms with Gasteiger partial charge in [-0.3, -0.25) is 4.79 Å². The van der Waals surface area contributed by atoms with E-state index in [4.69, 9.17) is 4.74 Å². The lowest BCUT2D eigenvalue weighted by atomic mass is 9.81. The molecule has 2 N–H and O–H groups in total. The number of halogens is 1. The SMILES string of the molecule is COc1ccc2cc(C(C)C(=O)NCC3(C)CCNCC3)ccc2c1.Cl. The van der Waals surface area contributed by atoms with E-state index in [-0.39, 0.29) is 29.6 Å². The van der Waals surface area contributed by atoms with Gasteiger partial charge in [-0.15, -0.1) is 12.4 Å². The van der Waals surface area contributed by atoms with Gasteiger partial charge in [0.25, 0.3) is 0 Å². The van der Waals surface area contributed by atoms with Crippen LogP contribution in [0.1, 0.15) is 38.2 Å². The van der Waals surface area contributed by atoms with E-state index >= 15 is 0 Å². The maximum Gasteiger partial charge on any atom is 0.227 e. The summed E-state index contributed by atoms with van der Waals surface area (Å²) in [4.78, 5) is 12.6. The monoisotopic (exact) mass is 376 g/mol. The van der Waals surface area contributed by atoms with Crippen molar-refractivity contribution in [1.29, 1.82) is 0 Å². The molecular weight excluding hydrogens is 348 g/mol. The molecule has 0 bridgehead atoms. The Labute approximate surface area is 162 Å². The van der Waals surface area contributed by atoms with E-state index in [9.17, 15) is 4.79 Å². The lowest BCUT2D eigenvalue weighted by Crippen LogP contribution is -2.43. The quantitative estimate of drug-likeness (QED) is 0.832. The van der Waals surface area contributed by atoms with E-state index in [1.54, 1.807) is 7.11 Å². The molecule has 2 aromatic carbocycles. The van der Waals surface area contributed by atoms with Crippen LogP contribution >= 0.6 is 12.4 Å². The van der Waals surface area contributed by atoms with Gasteiger partial charge in [0.05, 0.1) is 13.0 Å². The molecule has 5 heteroatoms. The third-order valence-electron chi connectivity index (χ3n) is 5.46. The molecule has 0 saturated carbocycles. The van der Waals surface area contributed by atoms with Crippen LogP contribution < -0.4 is 15.4 Å². The molecule has 0 aliphatic carbocycles. The number of fused-ring (bicyclic) bond motifs is 1. The van der Waals surface area contributed by atoms with Crippen LogP contribution in [0.2, 0.25) is 0 Å². The zero-order valence-electron chi connectivity index (χ0n) is 15.8. The van der Waals surface area contributed by atoms with E-state index in [1.807, 2.05) is 31.2 Å². The van der Waals surface area contributed by atoms with Gasteiger partial charge in [-0.25, -0.2) is 0 Å². The second-order valence-electron chi connectivity index (χ2n) is 7.47. The Morgan fingerprint density at radius 3 is 2.54 bits per heavy atom. The number of amides is 1. The fraction of sp³-hybridized carbons (Fsp3) is 0.476. The van der Waals surface area contributed by atoms with Gasteiger partial charge >= 0.3 is 0 Å². The summed E-state index contributed by atoms with van der Waals surface area (Å²) in [5.74, 6) is 0.797. The van der Waals surface area contributed by atoms with Gasteiger partial charge in [0.15, 0.2) is 0 Å². The molecule has 1 unspecified atom stereocenters. The van der Waals surface area contributed by atoms with Gasteiger partial charge in [-0.05, 0) is 66.7 Å². The number of carbonyl (C=O) groups excluding carboxylic acids is 1. The first-order valence-electron chi connectivity index (χ1n) is 9.07. The fourth-order valence-electron chi connectivity index (χ4n) is 3.45. The molecule has 1 heterocycles. The van der Waals surface area contributed by atoms with Crippen LogP contribution in [-0.2, 0) is 4.79 Å². The topological polar surface area (TPSA) is 50.4 Å². The van der Waals surface area contributed by atoms with E-state index in [2.05, 4.69) is 29.7 Å². The highest BCUT2D eigenvalue weighted by molar-refractivity contribution is 5.88. The van der Waals surface area contributed by atoms with E-state index in [0.29, 0.717) is 0 Å². The van der Waals surface area contributed by atoms with Gasteiger partial charge in [0, 0.05) is 6.54 Å². The van der Waals surface area contributed by atoms with Crippen LogP contribution in [0.25, 0.3) is 10.8 Å². The van der Waals surface area contributed by atoms with Crippen molar-refractivity contribution in [2.24, 2.45) is 5.41 Å². The zero-order chi connectivity index (χ0) is 17.9. The number of piperidine rings is 1. The molecule has 0 radical (unpaired) electrons. The minimum Gasteiger partial charge on any atom is -0.497 e. The molecular formula is C21H29ClN2O2. The highest BCUT2D eigenvalue weighted by Gasteiger charge is 2.28. The van der Waals surface area contributed by atoms with Gasteiger partial charge < -0.3 is 15.4 Å². The van der Waals surface area contributed by atoms with Gasteiger partial charge in [-0.2, -0.15) is 0 Å². The molecule has 142 valence electrons. The largest absolute Gasteiger partial charge is 0.497 e. The number of nitrogens with one attached hydrogen (secondary N) is 2. The summed E-state index contributed by atoms with van der Waals surface area (Å²) in [6.45, 7) is 7.07. The molecule has 1 amide bonds. The smallest absolute Gasteiger partial charge is 0.227 e. The summed E-state index contributed by atoms with van der Waals surface area (Å²) >= 11 is 0. The Bertz CT molecular complexity index is 757. The molecule has 4 nitrogen and oxygen atoms in total. The van der Waals surface area contributed by atoms with Crippen molar-refractivity contribution in [3.05, 3.63) is 42.0 Å². The maximum absolute atomic E-state index is 12.6. The Hall–Kier alpha value is -1.78. The number of benzene rings is 2. The van der Waals surface area contributed by atoms with E-state index < -0.39 is 0 Å². The molecule has 1 aliphatic rings. The summed E-state index contributed by atoms with van der Waals surface area (Å²) in [5.41, 5.74) is 1.26. The van der Waals surface area contributed by atoms with Crippen LogP contribution in [0.15, 0.2) is 36.4 Å². The van der Waals surface area contributed by atoms with Gasteiger partial charge in [0.2, 0.25) is 5.91 Å². The number of hydrogen-bond acceptors (Lipinski definition) is 3. The lowest BCUT2D eigenvalue weighted by molar-refractivity contribution is -0.122. The second kappa shape index (κ2) is 8.74. The molecule has 3 rings (SSSR count). The third kappa shape index (κ3) is 4.68. The number of methoxy groups -OCH3 is 1. The van der Waals surface area contributed by atoms with Crippen LogP contribution in [0.5, 0.6) is 5.75 Å². The average Bonchev–Trinajstić information content (AvgIpc) is 2.65. The van der Waals surface area contributed by atoms with Crippen molar-refractivity contribution in [2.45, 2.75) is 32.6 Å². The van der Waals surface area contributed by atoms with Crippen LogP contribution in [0.4, 0.5) is 0 Å². The first kappa shape index (κ1) is 20.5. The first-order chi connectivity index (χ1) is 12.0. The average molecular weight is 377 g/mol. The zero-order valence-corrected chi connectivity index (χ0v) is 16.6. The van der Waals surface area contributed by atoms with Gasteiger partial charge in [-0.1, -0.05) is 31.2 Å². The molecule has 1 aliphatic heterocycles. The molecule has 1 fully saturated rings. The van der Waals surface area contributed by atoms with Gasteiger partial charge in [0.1, 0.15) is 5.75 Å². The molecule has 2 aromatic rings. The fourth-order valence-corrected chi connectivity index (χ4v) is 3.45. The highest BCUT2D eigenvalue weighted by atomic mass is 35.5. The van der Waals surface area contributed by atoms with Crippen LogP contribution in [0, 0.1) is 5.41 Å². The normalized spacial score (nSPS) is 17.2. The van der Waals surface area contributed by atoms with Crippen molar-refractivity contribution >= 4 is 29.1 Å². The Morgan fingerprint density at radius 1 is 1.19 bits per heavy atom. The minimum atomic E-state index is -0.156. The number of hydrogen-bond donors (Lipinski definition) is 2. The molecule has 0 aromatic heterocycles. The maximum atomic E-state index is 12.6. The van der Waals surface area contributed by atoms with Crippen LogP contribution in [0.3, 0.4) is 0 Å². The van der Waals surface area contributed by atoms with Crippen molar-refractivity contribution in [1.82, 2.24) is 10.6 Å². The summed E-state index contributed by atoms with van der Waals surface area (Å²) in [7, 11) is 1.67. The summed E-state index contributed by atoms with van der Waals surface area (Å²) in [6.07, 6.45) is 2.22. The Morgan fingerprint density at radius 2 is 1.85 bits per heavy atom. The Balaban J connectivity index is 0.00000243. The highest BCUT2D eigenvalue weighted by Crippen LogP contribution is 2.28. The van der Waals surface area contributed by atoms with E-state index in [0.717, 1.165) is 54.6 Å². The van der Waals surface area contributed by atoms with Crippen molar-refractivity contribution in [2.75, 3.05) is 26.7 Å². The second-order valence-corrected chi connectivity index (χ2v) is 7.47. The molecule has 1 saturated heterocycles. The summed E-state index contributed by atoms with van der Waals surface area (Å²) < 4.78 is 5.27. The standard InChI is InChI=1S/C21H28N2O2.ClH/c1-15(20(24)23-14-21(2)8-10-22-11-9-21)16-4-5-18-13-19(25-3)7-6-17(18)12-16;/h4-7,12-13,15,22H,8-11,14H2,1-3H3,(H,23,24);1H. The predicted molar refractivity (Wildman–Crippen MR) is 109 cm³/mol. The van der Waals surface area contributed by atoms with Crippen molar-refractivity contribution in [3.63, 3.8) is 0 Å². The number of ether oxygens (including phenoxy) is 1. The first-order valence-corrected chi connectivity index (χ1v) is 9.07. The summed E-state index contributed by atoms with van der Waals surface area (Å²) in [6, 6.07) is 12.2. The minimum absolute atomic E-state index is 0. The lowest BCUT2D eigenvalue weighted by Gasteiger charge is -2.34. The third-order valence-corrected chi connectivity index (χ3v) is 5.46. The molecule has 26 heavy (non-hydrogen) atoms. The number of carbonyl (C=O) groups is 1. The Kier molecular flexibility index (Phi) is 6.90. The number of rotatable bonds is 5. The van der Waals surface area contributed by atoms with Crippen molar-refractivity contribution in [3.8, 4) is 5.75 Å². The summed E-state index contributed by atoms with van der Waals surface area (Å²) in [5, 5.41) is 8.80. The predicted octanol–water partition coefficient (Wildman–Crippen LogP) is 3.88.